The van der Waals surface area contributed by atoms with Crippen LogP contribution >= 0.6 is 0 Å². The first-order valence-electron chi connectivity index (χ1n) is 11.2. The van der Waals surface area contributed by atoms with Crippen molar-refractivity contribution in [2.75, 3.05) is 37.7 Å². The van der Waals surface area contributed by atoms with Crippen LogP contribution < -0.4 is 4.90 Å². The van der Waals surface area contributed by atoms with Crippen molar-refractivity contribution < 1.29 is 18.7 Å². The van der Waals surface area contributed by atoms with Gasteiger partial charge in [-0.05, 0) is 50.8 Å². The molecule has 2 aliphatic rings. The summed E-state index contributed by atoms with van der Waals surface area (Å²) in [5.41, 5.74) is 1.75. The van der Waals surface area contributed by atoms with E-state index < -0.39 is 0 Å². The van der Waals surface area contributed by atoms with E-state index in [1.807, 2.05) is 4.90 Å². The third kappa shape index (κ3) is 4.38. The molecule has 0 radical (unpaired) electrons. The van der Waals surface area contributed by atoms with Crippen LogP contribution in [-0.4, -0.2) is 54.5 Å². The van der Waals surface area contributed by atoms with Crippen molar-refractivity contribution in [3.05, 3.63) is 35.8 Å². The molecule has 3 heterocycles. The molecule has 0 bridgehead atoms. The van der Waals surface area contributed by atoms with Gasteiger partial charge in [-0.1, -0.05) is 0 Å². The number of hydrogen-bond donors (Lipinski definition) is 0. The van der Waals surface area contributed by atoms with Gasteiger partial charge in [0.2, 0.25) is 5.91 Å². The Morgan fingerprint density at radius 1 is 1.16 bits per heavy atom. The highest BCUT2D eigenvalue weighted by atomic mass is 19.1. The van der Waals surface area contributed by atoms with E-state index in [9.17, 15) is 19.2 Å². The van der Waals surface area contributed by atoms with Gasteiger partial charge in [-0.25, -0.2) is 4.39 Å². The number of rotatable bonds is 4. The fourth-order valence-corrected chi connectivity index (χ4v) is 4.78. The number of fused-ring (bicyclic) bond motifs is 1. The second kappa shape index (κ2) is 9.51. The lowest BCUT2D eigenvalue weighted by molar-refractivity contribution is -0.151. The quantitative estimate of drug-likeness (QED) is 0.681. The van der Waals surface area contributed by atoms with Gasteiger partial charge in [0.05, 0.1) is 29.3 Å². The summed E-state index contributed by atoms with van der Waals surface area (Å²) < 4.78 is 19.0. The average Bonchev–Trinajstić information content (AvgIpc) is 2.83. The molecule has 0 atom stereocenters. The maximum atomic E-state index is 13.9. The number of nitrogens with zero attached hydrogens (tertiary/aromatic N) is 4. The van der Waals surface area contributed by atoms with Crippen LogP contribution in [0.2, 0.25) is 0 Å². The maximum absolute atomic E-state index is 13.9. The SMILES string of the molecule is CCOC(=O)C1CCN(C(=O)C2CCN(c3c(C#N)cnc4ccc(F)cc34)CC2)CC1. The van der Waals surface area contributed by atoms with Crippen molar-refractivity contribution in [2.45, 2.75) is 32.6 Å². The molecule has 0 spiro atoms. The number of anilines is 1. The van der Waals surface area contributed by atoms with Gasteiger partial charge in [0.25, 0.3) is 0 Å². The first-order chi connectivity index (χ1) is 15.5. The largest absolute Gasteiger partial charge is 0.466 e. The molecule has 32 heavy (non-hydrogen) atoms. The fraction of sp³-hybridized carbons (Fsp3) is 0.500. The number of aromatic nitrogens is 1. The minimum Gasteiger partial charge on any atom is -0.466 e. The van der Waals surface area contributed by atoms with Crippen LogP contribution in [0.5, 0.6) is 0 Å². The van der Waals surface area contributed by atoms with Crippen molar-refractivity contribution in [1.82, 2.24) is 9.88 Å². The number of carbonyl (C=O) groups is 2. The topological polar surface area (TPSA) is 86.5 Å². The lowest BCUT2D eigenvalue weighted by atomic mass is 9.91. The molecule has 2 saturated heterocycles. The Balaban J connectivity index is 1.41. The summed E-state index contributed by atoms with van der Waals surface area (Å²) in [6.07, 6.45) is 4.15. The summed E-state index contributed by atoms with van der Waals surface area (Å²) >= 11 is 0. The highest BCUT2D eigenvalue weighted by molar-refractivity contribution is 5.94. The molecular formula is C24H27FN4O3. The number of halogens is 1. The summed E-state index contributed by atoms with van der Waals surface area (Å²) in [6, 6.07) is 6.57. The summed E-state index contributed by atoms with van der Waals surface area (Å²) in [6.45, 7) is 4.56. The number of carbonyl (C=O) groups excluding carboxylic acids is 2. The monoisotopic (exact) mass is 438 g/mol. The predicted octanol–water partition coefficient (Wildman–Crippen LogP) is 3.26. The maximum Gasteiger partial charge on any atom is 0.309 e. The first-order valence-corrected chi connectivity index (χ1v) is 11.2. The van der Waals surface area contributed by atoms with Crippen molar-refractivity contribution >= 4 is 28.5 Å². The molecule has 8 heteroatoms. The van der Waals surface area contributed by atoms with E-state index >= 15 is 0 Å². The zero-order valence-corrected chi connectivity index (χ0v) is 18.2. The fourth-order valence-electron chi connectivity index (χ4n) is 4.78. The lowest BCUT2D eigenvalue weighted by Crippen LogP contribution is -2.46. The minimum atomic E-state index is -0.369. The number of benzene rings is 1. The average molecular weight is 439 g/mol. The molecule has 7 nitrogen and oxygen atoms in total. The summed E-state index contributed by atoms with van der Waals surface area (Å²) in [5.74, 6) is -0.598. The van der Waals surface area contributed by atoms with Crippen LogP contribution in [0, 0.1) is 29.0 Å². The summed E-state index contributed by atoms with van der Waals surface area (Å²) in [7, 11) is 0. The number of pyridine rings is 1. The van der Waals surface area contributed by atoms with Crippen LogP contribution in [0.15, 0.2) is 24.4 Å². The second-order valence-electron chi connectivity index (χ2n) is 8.41. The molecule has 1 aromatic carbocycles. The standard InChI is InChI=1S/C24H27FN4O3/c1-2-32-24(31)17-7-11-29(12-8-17)23(30)16-5-9-28(10-6-16)22-18(14-26)15-27-21-4-3-19(25)13-20(21)22/h3-4,13,15-17H,2,5-12H2,1H3. The number of ether oxygens (including phenoxy) is 1. The third-order valence-corrected chi connectivity index (χ3v) is 6.51. The Bertz CT molecular complexity index is 1050. The Morgan fingerprint density at radius 3 is 2.50 bits per heavy atom. The normalized spacial score (nSPS) is 17.9. The molecule has 2 aromatic rings. The van der Waals surface area contributed by atoms with Crippen LogP contribution in [0.1, 0.15) is 38.2 Å². The molecular weight excluding hydrogens is 411 g/mol. The summed E-state index contributed by atoms with van der Waals surface area (Å²) in [5, 5.41) is 10.2. The first kappa shape index (κ1) is 22.0. The van der Waals surface area contributed by atoms with Crippen LogP contribution in [0.4, 0.5) is 10.1 Å². The van der Waals surface area contributed by atoms with E-state index in [1.165, 1.54) is 18.3 Å². The predicted molar refractivity (Wildman–Crippen MR) is 117 cm³/mol. The number of esters is 1. The van der Waals surface area contributed by atoms with E-state index in [0.717, 1.165) is 0 Å². The van der Waals surface area contributed by atoms with E-state index in [-0.39, 0.29) is 29.5 Å². The van der Waals surface area contributed by atoms with Gasteiger partial charge in [-0.2, -0.15) is 5.26 Å². The van der Waals surface area contributed by atoms with Crippen LogP contribution in [0.25, 0.3) is 10.9 Å². The molecule has 168 valence electrons. The zero-order valence-electron chi connectivity index (χ0n) is 18.2. The van der Waals surface area contributed by atoms with E-state index in [2.05, 4.69) is 16.0 Å². The Kier molecular flexibility index (Phi) is 6.54. The zero-order chi connectivity index (χ0) is 22.7. The lowest BCUT2D eigenvalue weighted by Gasteiger charge is -2.38. The number of likely N-dealkylation sites (tertiary alicyclic amines) is 1. The molecule has 0 saturated carbocycles. The number of amides is 1. The Labute approximate surface area is 186 Å². The van der Waals surface area contributed by atoms with E-state index in [0.29, 0.717) is 80.6 Å². The molecule has 4 rings (SSSR count). The van der Waals surface area contributed by atoms with Crippen LogP contribution in [-0.2, 0) is 14.3 Å². The van der Waals surface area contributed by atoms with Gasteiger partial charge in [0.1, 0.15) is 11.9 Å². The smallest absolute Gasteiger partial charge is 0.309 e. The van der Waals surface area contributed by atoms with Gasteiger partial charge in [-0.3, -0.25) is 14.6 Å². The number of hydrogen-bond acceptors (Lipinski definition) is 6. The highest BCUT2D eigenvalue weighted by Crippen LogP contribution is 2.33. The van der Waals surface area contributed by atoms with Gasteiger partial charge in [0, 0.05) is 43.7 Å². The third-order valence-electron chi connectivity index (χ3n) is 6.51. The summed E-state index contributed by atoms with van der Waals surface area (Å²) in [4.78, 5) is 33.2. The van der Waals surface area contributed by atoms with Gasteiger partial charge in [0.15, 0.2) is 0 Å². The Hall–Kier alpha value is -3.21. The highest BCUT2D eigenvalue weighted by Gasteiger charge is 2.33. The number of nitriles is 1. The molecule has 2 aliphatic heterocycles. The van der Waals surface area contributed by atoms with Crippen molar-refractivity contribution in [3.8, 4) is 6.07 Å². The van der Waals surface area contributed by atoms with Gasteiger partial charge < -0.3 is 14.5 Å². The van der Waals surface area contributed by atoms with Gasteiger partial charge >= 0.3 is 5.97 Å². The van der Waals surface area contributed by atoms with Crippen LogP contribution in [0.3, 0.4) is 0 Å². The van der Waals surface area contributed by atoms with E-state index in [4.69, 9.17) is 4.74 Å². The van der Waals surface area contributed by atoms with Crippen molar-refractivity contribution in [1.29, 1.82) is 5.26 Å². The molecule has 0 aliphatic carbocycles. The van der Waals surface area contributed by atoms with Gasteiger partial charge in [-0.15, -0.1) is 0 Å². The van der Waals surface area contributed by atoms with E-state index in [1.54, 1.807) is 13.0 Å². The molecule has 0 unspecified atom stereocenters. The minimum absolute atomic E-state index is 0.0826. The second-order valence-corrected chi connectivity index (χ2v) is 8.41. The molecule has 1 amide bonds. The van der Waals surface area contributed by atoms with Crippen molar-refractivity contribution in [2.24, 2.45) is 11.8 Å². The van der Waals surface area contributed by atoms with Crippen molar-refractivity contribution in [3.63, 3.8) is 0 Å². The Morgan fingerprint density at radius 2 is 1.84 bits per heavy atom. The molecule has 1 aromatic heterocycles. The molecule has 2 fully saturated rings. The number of piperidine rings is 2. The molecule has 0 N–H and O–H groups in total.